The quantitative estimate of drug-likeness (QED) is 0.352. The van der Waals surface area contributed by atoms with E-state index >= 15 is 0 Å². The number of anilines is 1. The van der Waals surface area contributed by atoms with Gasteiger partial charge in [-0.1, -0.05) is 30.3 Å². The Labute approximate surface area is 197 Å². The van der Waals surface area contributed by atoms with Crippen LogP contribution in [0.15, 0.2) is 72.0 Å². The van der Waals surface area contributed by atoms with Crippen molar-refractivity contribution in [2.75, 3.05) is 11.8 Å². The maximum atomic E-state index is 13.1. The number of fused-ring (bicyclic) bond motifs is 1. The van der Waals surface area contributed by atoms with E-state index in [4.69, 9.17) is 0 Å². The molecule has 0 saturated heterocycles. The normalized spacial score (nSPS) is 11.4. The Kier molecular flexibility index (Phi) is 6.21. The molecule has 158 valence electrons. The highest BCUT2D eigenvalue weighted by Crippen LogP contribution is 2.28. The van der Waals surface area contributed by atoms with E-state index in [2.05, 4.69) is 36.7 Å². The molecule has 10 heteroatoms. The second-order valence-corrected chi connectivity index (χ2v) is 10.5. The molecule has 0 saturated carbocycles. The van der Waals surface area contributed by atoms with E-state index in [0.717, 1.165) is 13.8 Å². The van der Waals surface area contributed by atoms with Gasteiger partial charge in [0.2, 0.25) is 0 Å². The summed E-state index contributed by atoms with van der Waals surface area (Å²) in [6.07, 6.45) is 2.92. The Morgan fingerprint density at radius 2 is 1.94 bits per heavy atom. The van der Waals surface area contributed by atoms with Crippen LogP contribution in [0.25, 0.3) is 10.1 Å². The second-order valence-electron chi connectivity index (χ2n) is 6.80. The van der Waals surface area contributed by atoms with Crippen molar-refractivity contribution in [1.82, 2.24) is 14.3 Å². The number of aromatic nitrogens is 2. The molecule has 0 bridgehead atoms. The summed E-state index contributed by atoms with van der Waals surface area (Å²) in [6, 6.07) is 16.3. The molecule has 4 rings (SSSR count). The maximum absolute atomic E-state index is 13.1. The molecule has 0 aliphatic rings. The average Bonchev–Trinajstić information content (AvgIpc) is 3.22. The number of carbonyl (C=O) groups is 1. The van der Waals surface area contributed by atoms with Crippen LogP contribution in [-0.4, -0.2) is 35.6 Å². The molecular weight excluding hydrogens is 547 g/mol. The lowest BCUT2D eigenvalue weighted by Crippen LogP contribution is -2.27. The first-order valence-electron chi connectivity index (χ1n) is 9.16. The molecule has 0 fully saturated rings. The molecule has 1 amide bonds. The van der Waals surface area contributed by atoms with Gasteiger partial charge in [-0.3, -0.25) is 9.52 Å². The Morgan fingerprint density at radius 3 is 2.71 bits per heavy atom. The van der Waals surface area contributed by atoms with Gasteiger partial charge in [0.15, 0.2) is 5.03 Å². The van der Waals surface area contributed by atoms with Crippen LogP contribution >= 0.6 is 34.1 Å². The van der Waals surface area contributed by atoms with Crippen molar-refractivity contribution in [1.29, 1.82) is 0 Å². The van der Waals surface area contributed by atoms with Crippen molar-refractivity contribution in [3.05, 3.63) is 81.7 Å². The summed E-state index contributed by atoms with van der Waals surface area (Å²) in [4.78, 5) is 18.7. The Morgan fingerprint density at radius 1 is 1.16 bits per heavy atom. The number of hydrogen-bond acceptors (Lipinski definition) is 6. The first-order valence-corrected chi connectivity index (χ1v) is 12.5. The van der Waals surface area contributed by atoms with Crippen LogP contribution in [0.2, 0.25) is 0 Å². The zero-order valence-electron chi connectivity index (χ0n) is 16.3. The van der Waals surface area contributed by atoms with Gasteiger partial charge in [-0.15, -0.1) is 0 Å². The van der Waals surface area contributed by atoms with E-state index in [1.54, 1.807) is 36.2 Å². The highest BCUT2D eigenvalue weighted by atomic mass is 127. The molecule has 0 atom stereocenters. The fraction of sp³-hybridized carbons (Fsp3) is 0.0952. The highest BCUT2D eigenvalue weighted by Gasteiger charge is 2.24. The Hall–Kier alpha value is -2.57. The first-order chi connectivity index (χ1) is 14.8. The minimum atomic E-state index is -4.04. The summed E-state index contributed by atoms with van der Waals surface area (Å²) in [7, 11) is -2.35. The number of nitrogens with zero attached hydrogens (tertiary/aromatic N) is 3. The van der Waals surface area contributed by atoms with Crippen LogP contribution in [0.1, 0.15) is 15.9 Å². The summed E-state index contributed by atoms with van der Waals surface area (Å²) in [5.41, 5.74) is 1.45. The van der Waals surface area contributed by atoms with Crippen molar-refractivity contribution >= 4 is 65.8 Å². The monoisotopic (exact) mass is 564 g/mol. The number of carbonyl (C=O) groups excluding carboxylic acids is 1. The molecule has 2 aromatic heterocycles. The number of nitrogens with one attached hydrogen (secondary N) is 1. The molecular formula is C21H17IN4O3S2. The van der Waals surface area contributed by atoms with Gasteiger partial charge in [-0.2, -0.15) is 12.8 Å². The predicted octanol–water partition coefficient (Wildman–Crippen LogP) is 4.37. The van der Waals surface area contributed by atoms with Crippen molar-refractivity contribution in [2.45, 2.75) is 11.6 Å². The number of rotatable bonds is 6. The predicted molar refractivity (Wildman–Crippen MR) is 130 cm³/mol. The van der Waals surface area contributed by atoms with Crippen molar-refractivity contribution in [3.8, 4) is 0 Å². The van der Waals surface area contributed by atoms with Crippen LogP contribution < -0.4 is 4.72 Å². The number of sulfonamides is 1. The third-order valence-electron chi connectivity index (χ3n) is 4.57. The highest BCUT2D eigenvalue weighted by molar-refractivity contribution is 14.1. The number of amides is 1. The van der Waals surface area contributed by atoms with Crippen LogP contribution in [0.4, 0.5) is 5.69 Å². The summed E-state index contributed by atoms with van der Waals surface area (Å²) in [5.74, 6) is -0.290. The molecule has 1 N–H and O–H groups in total. The first kappa shape index (κ1) is 21.7. The summed E-state index contributed by atoms with van der Waals surface area (Å²) in [5, 5.41) is 0.327. The largest absolute Gasteiger partial charge is 0.337 e. The van der Waals surface area contributed by atoms with Gasteiger partial charge in [0.25, 0.3) is 15.9 Å². The lowest BCUT2D eigenvalue weighted by atomic mass is 10.1. The SMILES string of the molecule is CN(Cc1ccccc1)C(=O)c1ccc(I)cc1NS(=O)(=O)c1nccc2sncc12. The minimum Gasteiger partial charge on any atom is -0.337 e. The van der Waals surface area contributed by atoms with Crippen molar-refractivity contribution in [3.63, 3.8) is 0 Å². The van der Waals surface area contributed by atoms with E-state index in [9.17, 15) is 13.2 Å². The molecule has 0 unspecified atom stereocenters. The minimum absolute atomic E-state index is 0.117. The molecule has 4 aromatic rings. The molecule has 0 spiro atoms. The van der Waals surface area contributed by atoms with Gasteiger partial charge in [-0.25, -0.2) is 4.98 Å². The number of benzene rings is 2. The van der Waals surface area contributed by atoms with Crippen molar-refractivity contribution in [2.24, 2.45) is 0 Å². The average molecular weight is 564 g/mol. The molecule has 0 aliphatic carbocycles. The smallest absolute Gasteiger partial charge is 0.280 e. The van der Waals surface area contributed by atoms with Gasteiger partial charge in [0, 0.05) is 23.4 Å². The molecule has 7 nitrogen and oxygen atoms in total. The maximum Gasteiger partial charge on any atom is 0.280 e. The van der Waals surface area contributed by atoms with E-state index in [1.807, 2.05) is 30.3 Å². The molecule has 0 aliphatic heterocycles. The summed E-state index contributed by atoms with van der Waals surface area (Å²) < 4.78 is 34.4. The topological polar surface area (TPSA) is 92.3 Å². The van der Waals surface area contributed by atoms with Gasteiger partial charge in [0.1, 0.15) is 0 Å². The van der Waals surface area contributed by atoms with Gasteiger partial charge >= 0.3 is 0 Å². The summed E-state index contributed by atoms with van der Waals surface area (Å²) in [6.45, 7) is 0.402. The van der Waals surface area contributed by atoms with E-state index in [1.165, 1.54) is 23.9 Å². The van der Waals surface area contributed by atoms with Crippen LogP contribution in [-0.2, 0) is 16.6 Å². The Bertz CT molecular complexity index is 1360. The van der Waals surface area contributed by atoms with Crippen molar-refractivity contribution < 1.29 is 13.2 Å². The molecule has 2 heterocycles. The molecule has 0 radical (unpaired) electrons. The zero-order valence-corrected chi connectivity index (χ0v) is 20.1. The van der Waals surface area contributed by atoms with Crippen LogP contribution in [0, 0.1) is 3.57 Å². The summed E-state index contributed by atoms with van der Waals surface area (Å²) >= 11 is 3.27. The third kappa shape index (κ3) is 4.70. The second kappa shape index (κ2) is 8.89. The fourth-order valence-electron chi connectivity index (χ4n) is 3.10. The van der Waals surface area contributed by atoms with Crippen LogP contribution in [0.5, 0.6) is 0 Å². The van der Waals surface area contributed by atoms with Crippen LogP contribution in [0.3, 0.4) is 0 Å². The molecule has 2 aromatic carbocycles. The van der Waals surface area contributed by atoms with Gasteiger partial charge in [0.05, 0.1) is 27.5 Å². The lowest BCUT2D eigenvalue weighted by Gasteiger charge is -2.20. The fourth-order valence-corrected chi connectivity index (χ4v) is 5.50. The number of halogens is 1. The lowest BCUT2D eigenvalue weighted by molar-refractivity contribution is 0.0786. The Balaban J connectivity index is 1.67. The number of pyridine rings is 1. The standard InChI is InChI=1S/C21H17IN4O3S2/c1-26(13-14-5-3-2-4-6-14)21(27)16-8-7-15(22)11-18(16)25-31(28,29)20-17-12-24-30-19(17)9-10-23-20/h2-12,25H,13H2,1H3. The van der Waals surface area contributed by atoms with E-state index < -0.39 is 10.0 Å². The molecule has 31 heavy (non-hydrogen) atoms. The third-order valence-corrected chi connectivity index (χ3v) is 7.32. The van der Waals surface area contributed by atoms with Gasteiger partial charge < -0.3 is 4.90 Å². The van der Waals surface area contributed by atoms with Gasteiger partial charge in [-0.05, 0) is 64.0 Å². The van der Waals surface area contributed by atoms with E-state index in [-0.39, 0.29) is 22.2 Å². The zero-order chi connectivity index (χ0) is 22.0. The van der Waals surface area contributed by atoms with E-state index in [0.29, 0.717) is 11.9 Å². The number of hydrogen-bond donors (Lipinski definition) is 1.